The third-order valence-electron chi connectivity index (χ3n) is 11.0. The average Bonchev–Trinajstić information content (AvgIpc) is 3.67. The number of fused-ring (bicyclic) bond motifs is 9. The number of anilines is 2. The first kappa shape index (κ1) is 34.5. The summed E-state index contributed by atoms with van der Waals surface area (Å²) < 4.78 is 2.61. The Balaban J connectivity index is 1.23. The maximum Gasteiger partial charge on any atom is 0.0536 e. The molecular formula is C55H39NS. The summed E-state index contributed by atoms with van der Waals surface area (Å²) >= 11 is 1.86. The molecule has 0 spiro atoms. The summed E-state index contributed by atoms with van der Waals surface area (Å²) in [7, 11) is 0. The van der Waals surface area contributed by atoms with E-state index in [0.717, 1.165) is 28.2 Å². The molecule has 0 atom stereocenters. The largest absolute Gasteiger partial charge is 0.310 e. The lowest BCUT2D eigenvalue weighted by molar-refractivity contribution is 1.21. The molecule has 0 fully saturated rings. The normalized spacial score (nSPS) is 12.4. The number of allylic oxidation sites excluding steroid dienone is 4. The molecule has 10 aromatic rings. The summed E-state index contributed by atoms with van der Waals surface area (Å²) in [6, 6.07) is 70.5. The van der Waals surface area contributed by atoms with E-state index in [2.05, 4.69) is 230 Å². The van der Waals surface area contributed by atoms with Crippen LogP contribution in [0.25, 0.3) is 75.3 Å². The van der Waals surface area contributed by atoms with Crippen molar-refractivity contribution in [3.05, 3.63) is 229 Å². The molecule has 0 aliphatic rings. The fourth-order valence-electron chi connectivity index (χ4n) is 8.36. The zero-order valence-corrected chi connectivity index (χ0v) is 32.5. The molecule has 2 heteroatoms. The third kappa shape index (κ3) is 6.31. The average molecular weight is 746 g/mol. The highest BCUT2D eigenvalue weighted by molar-refractivity contribution is 7.26. The van der Waals surface area contributed by atoms with E-state index in [0.29, 0.717) is 0 Å². The molecule has 57 heavy (non-hydrogen) atoms. The Morgan fingerprint density at radius 3 is 1.67 bits per heavy atom. The molecule has 9 aromatic carbocycles. The molecule has 1 heterocycles. The number of nitrogens with zero attached hydrogens (tertiary/aromatic N) is 1. The minimum absolute atomic E-state index is 1.08. The predicted molar refractivity (Wildman–Crippen MR) is 250 cm³/mol. The second-order valence-electron chi connectivity index (χ2n) is 14.4. The monoisotopic (exact) mass is 745 g/mol. The highest BCUT2D eigenvalue weighted by atomic mass is 32.1. The minimum Gasteiger partial charge on any atom is -0.310 e. The van der Waals surface area contributed by atoms with E-state index in [9.17, 15) is 0 Å². The van der Waals surface area contributed by atoms with Gasteiger partial charge in [0.15, 0.2) is 0 Å². The van der Waals surface area contributed by atoms with Gasteiger partial charge in [-0.2, -0.15) is 0 Å². The molecule has 0 saturated heterocycles. The van der Waals surface area contributed by atoms with Crippen molar-refractivity contribution in [1.82, 2.24) is 0 Å². The Morgan fingerprint density at radius 2 is 0.982 bits per heavy atom. The highest BCUT2D eigenvalue weighted by Gasteiger charge is 2.20. The number of hydrogen-bond donors (Lipinski definition) is 0. The van der Waals surface area contributed by atoms with Crippen molar-refractivity contribution in [2.24, 2.45) is 0 Å². The molecule has 1 aromatic heterocycles. The number of rotatable bonds is 8. The third-order valence-corrected chi connectivity index (χ3v) is 12.2. The Kier molecular flexibility index (Phi) is 9.02. The van der Waals surface area contributed by atoms with Gasteiger partial charge in [-0.15, -0.1) is 11.3 Å². The molecule has 0 saturated carbocycles. The van der Waals surface area contributed by atoms with Gasteiger partial charge in [0.05, 0.1) is 5.70 Å². The summed E-state index contributed by atoms with van der Waals surface area (Å²) in [4.78, 5) is 2.44. The Labute approximate surface area is 337 Å². The molecule has 0 amide bonds. The van der Waals surface area contributed by atoms with Crippen LogP contribution in [0.2, 0.25) is 0 Å². The first-order valence-electron chi connectivity index (χ1n) is 19.5. The standard InChI is InChI=1S/C55H39NS/c1-2-16-53(44(40-19-7-4-8-20-40)35-31-41-21-15-27-51-50-26-13-14-28-54(50)57-55(41)51)56(42-32-29-39(30-33-42)38-17-5-3-6-18-38)43-34-36-49-47-24-10-9-22-45(47)46-23-11-12-25-48(46)52(49)37-43/h2-37H,1H3/b16-2-,35-31+,53-44-. The van der Waals surface area contributed by atoms with Crippen LogP contribution in [0.15, 0.2) is 218 Å². The maximum atomic E-state index is 2.44. The van der Waals surface area contributed by atoms with E-state index < -0.39 is 0 Å². The lowest BCUT2D eigenvalue weighted by atomic mass is 9.93. The molecule has 0 N–H and O–H groups in total. The lowest BCUT2D eigenvalue weighted by Crippen LogP contribution is -2.17. The van der Waals surface area contributed by atoms with E-state index in [1.165, 1.54) is 69.2 Å². The number of thiophene rings is 1. The lowest BCUT2D eigenvalue weighted by Gasteiger charge is -2.29. The Morgan fingerprint density at radius 1 is 0.439 bits per heavy atom. The minimum atomic E-state index is 1.08. The summed E-state index contributed by atoms with van der Waals surface area (Å²) in [5.41, 5.74) is 9.14. The van der Waals surface area contributed by atoms with Gasteiger partial charge in [0.2, 0.25) is 0 Å². The van der Waals surface area contributed by atoms with Crippen molar-refractivity contribution < 1.29 is 0 Å². The summed E-state index contributed by atoms with van der Waals surface area (Å²) in [6.45, 7) is 2.11. The molecule has 0 radical (unpaired) electrons. The van der Waals surface area contributed by atoms with Gasteiger partial charge in [0, 0.05) is 37.1 Å². The fourth-order valence-corrected chi connectivity index (χ4v) is 9.56. The highest BCUT2D eigenvalue weighted by Crippen LogP contribution is 2.42. The van der Waals surface area contributed by atoms with Gasteiger partial charge in [0.25, 0.3) is 0 Å². The molecule has 0 bridgehead atoms. The van der Waals surface area contributed by atoms with Crippen molar-refractivity contribution >= 4 is 86.9 Å². The van der Waals surface area contributed by atoms with Crippen molar-refractivity contribution in [3.8, 4) is 11.1 Å². The van der Waals surface area contributed by atoms with E-state index in [1.54, 1.807) is 0 Å². The van der Waals surface area contributed by atoms with Gasteiger partial charge in [-0.1, -0.05) is 182 Å². The number of hydrogen-bond acceptors (Lipinski definition) is 2. The zero-order chi connectivity index (χ0) is 38.1. The van der Waals surface area contributed by atoms with Crippen LogP contribution in [0, 0.1) is 0 Å². The van der Waals surface area contributed by atoms with Crippen LogP contribution in [0.4, 0.5) is 11.4 Å². The van der Waals surface area contributed by atoms with Crippen LogP contribution in [0.3, 0.4) is 0 Å². The van der Waals surface area contributed by atoms with Gasteiger partial charge < -0.3 is 4.90 Å². The first-order valence-corrected chi connectivity index (χ1v) is 20.4. The van der Waals surface area contributed by atoms with Crippen LogP contribution in [-0.2, 0) is 0 Å². The van der Waals surface area contributed by atoms with Crippen molar-refractivity contribution in [2.75, 3.05) is 4.90 Å². The summed E-state index contributed by atoms with van der Waals surface area (Å²) in [6.07, 6.45) is 9.05. The smallest absolute Gasteiger partial charge is 0.0536 e. The molecular weight excluding hydrogens is 707 g/mol. The van der Waals surface area contributed by atoms with Gasteiger partial charge in [-0.05, 0) is 97.9 Å². The molecule has 0 unspecified atom stereocenters. The fraction of sp³-hybridized carbons (Fsp3) is 0.0182. The van der Waals surface area contributed by atoms with Gasteiger partial charge in [-0.25, -0.2) is 0 Å². The van der Waals surface area contributed by atoms with Crippen LogP contribution < -0.4 is 4.90 Å². The van der Waals surface area contributed by atoms with Gasteiger partial charge in [0.1, 0.15) is 0 Å². The molecule has 10 rings (SSSR count). The summed E-state index contributed by atoms with van der Waals surface area (Å²) in [5, 5.41) is 10.2. The second-order valence-corrected chi connectivity index (χ2v) is 15.4. The van der Waals surface area contributed by atoms with Crippen LogP contribution in [0.1, 0.15) is 18.1 Å². The molecule has 0 aliphatic heterocycles. The van der Waals surface area contributed by atoms with Gasteiger partial charge >= 0.3 is 0 Å². The van der Waals surface area contributed by atoms with E-state index in [1.807, 2.05) is 11.3 Å². The predicted octanol–water partition coefficient (Wildman–Crippen LogP) is 16.0. The number of benzene rings is 9. The summed E-state index contributed by atoms with van der Waals surface area (Å²) in [5.74, 6) is 0. The molecule has 0 aliphatic carbocycles. The Bertz CT molecular complexity index is 3130. The van der Waals surface area contributed by atoms with Gasteiger partial charge in [-0.3, -0.25) is 0 Å². The van der Waals surface area contributed by atoms with Crippen molar-refractivity contribution in [2.45, 2.75) is 6.92 Å². The second kappa shape index (κ2) is 14.9. The maximum absolute atomic E-state index is 2.44. The van der Waals surface area contributed by atoms with E-state index in [4.69, 9.17) is 0 Å². The topological polar surface area (TPSA) is 3.24 Å². The Hall–Kier alpha value is -7.00. The first-order chi connectivity index (χ1) is 28.2. The van der Waals surface area contributed by atoms with Crippen molar-refractivity contribution in [3.63, 3.8) is 0 Å². The van der Waals surface area contributed by atoms with Crippen LogP contribution >= 0.6 is 11.3 Å². The SMILES string of the molecule is C\C=C/C(=C(\C=C\c1cccc2c1sc1ccccc12)c1ccccc1)N(c1ccc(-c2ccccc2)cc1)c1ccc2c3ccccc3c3ccccc3c2c1. The molecule has 1 nitrogen and oxygen atoms in total. The van der Waals surface area contributed by atoms with E-state index >= 15 is 0 Å². The zero-order valence-electron chi connectivity index (χ0n) is 31.6. The van der Waals surface area contributed by atoms with Crippen LogP contribution in [0.5, 0.6) is 0 Å². The van der Waals surface area contributed by atoms with Crippen LogP contribution in [-0.4, -0.2) is 0 Å². The molecule has 270 valence electrons. The van der Waals surface area contributed by atoms with E-state index in [-0.39, 0.29) is 0 Å². The quantitative estimate of drug-likeness (QED) is 0.111. The van der Waals surface area contributed by atoms with Crippen molar-refractivity contribution in [1.29, 1.82) is 0 Å².